The zero-order valence-electron chi connectivity index (χ0n) is 8.04. The van der Waals surface area contributed by atoms with E-state index in [1.54, 1.807) is 0 Å². The van der Waals surface area contributed by atoms with Gasteiger partial charge in [0.25, 0.3) is 0 Å². The van der Waals surface area contributed by atoms with E-state index in [1.165, 1.54) is 16.7 Å². The Bertz CT molecular complexity index is 458. The first-order valence-corrected chi connectivity index (χ1v) is 5.83. The largest absolute Gasteiger partial charge is 1.00 e. The van der Waals surface area contributed by atoms with Crippen LogP contribution in [-0.2, 0) is 11.1 Å². The number of nitrogens with zero attached hydrogens (tertiary/aromatic N) is 1. The van der Waals surface area contributed by atoms with Crippen LogP contribution in [0.1, 0.15) is 0 Å². The van der Waals surface area contributed by atoms with Crippen LogP contribution in [0.3, 0.4) is 0 Å². The molecule has 0 aliphatic heterocycles. The molecule has 6 heteroatoms. The van der Waals surface area contributed by atoms with E-state index in [0.29, 0.717) is 0 Å². The van der Waals surface area contributed by atoms with E-state index >= 15 is 0 Å². The molecule has 0 fully saturated rings. The maximum absolute atomic E-state index is 10.6. The van der Waals surface area contributed by atoms with E-state index in [9.17, 15) is 8.76 Å². The second-order valence-corrected chi connectivity index (χ2v) is 4.34. The summed E-state index contributed by atoms with van der Waals surface area (Å²) in [4.78, 5) is 3.99. The van der Waals surface area contributed by atoms with Gasteiger partial charge in [-0.3, -0.25) is 4.21 Å². The Morgan fingerprint density at radius 3 is 2.47 bits per heavy atom. The van der Waals surface area contributed by atoms with Gasteiger partial charge >= 0.3 is 29.6 Å². The van der Waals surface area contributed by atoms with Crippen molar-refractivity contribution in [2.75, 3.05) is 0 Å². The van der Waals surface area contributed by atoms with Gasteiger partial charge in [0.1, 0.15) is 10.0 Å². The van der Waals surface area contributed by atoms with Crippen LogP contribution in [-0.4, -0.2) is 13.7 Å². The van der Waals surface area contributed by atoms with Crippen molar-refractivity contribution in [2.24, 2.45) is 0 Å². The molecular weight excluding hydrogens is 241 g/mol. The number of benzene rings is 1. The van der Waals surface area contributed by atoms with E-state index in [4.69, 9.17) is 0 Å². The molecule has 2 rings (SSSR count). The average Bonchev–Trinajstić information content (AvgIpc) is 2.68. The topological polar surface area (TPSA) is 53.0 Å². The average molecular weight is 247 g/mol. The van der Waals surface area contributed by atoms with Crippen LogP contribution < -0.4 is 29.6 Å². The van der Waals surface area contributed by atoms with Crippen LogP contribution in [0.5, 0.6) is 0 Å². The summed E-state index contributed by atoms with van der Waals surface area (Å²) in [7, 11) is 0. The van der Waals surface area contributed by atoms with Gasteiger partial charge < -0.3 is 4.55 Å². The number of thiazole rings is 1. The first-order chi connectivity index (χ1) is 6.77. The number of aromatic nitrogens is 1. The minimum Gasteiger partial charge on any atom is -0.767 e. The Morgan fingerprint density at radius 2 is 1.93 bits per heavy atom. The summed E-state index contributed by atoms with van der Waals surface area (Å²) in [5.74, 6) is 0. The quantitative estimate of drug-likeness (QED) is 0.508. The number of hydrogen-bond donors (Lipinski definition) is 0. The SMILES string of the molecule is O=S([O-])c1csc(-c2ccccc2)n1.[Na+]. The molecule has 0 aliphatic carbocycles. The van der Waals surface area contributed by atoms with Crippen molar-refractivity contribution in [2.45, 2.75) is 5.03 Å². The Kier molecular flexibility index (Phi) is 5.11. The summed E-state index contributed by atoms with van der Waals surface area (Å²) in [6.07, 6.45) is 0. The maximum Gasteiger partial charge on any atom is 1.00 e. The molecule has 72 valence electrons. The third-order valence-corrected chi connectivity index (χ3v) is 3.27. The molecule has 1 aromatic heterocycles. The molecule has 15 heavy (non-hydrogen) atoms. The van der Waals surface area contributed by atoms with Gasteiger partial charge in [0.05, 0.1) is 0 Å². The summed E-state index contributed by atoms with van der Waals surface area (Å²) < 4.78 is 21.2. The van der Waals surface area contributed by atoms with Gasteiger partial charge in [-0.1, -0.05) is 30.3 Å². The molecule has 0 N–H and O–H groups in total. The molecule has 0 saturated heterocycles. The molecule has 3 nitrogen and oxygen atoms in total. The van der Waals surface area contributed by atoms with Crippen molar-refractivity contribution in [3.05, 3.63) is 35.7 Å². The van der Waals surface area contributed by atoms with Gasteiger partial charge in [0.2, 0.25) is 0 Å². The van der Waals surface area contributed by atoms with Gasteiger partial charge in [0, 0.05) is 10.9 Å². The summed E-state index contributed by atoms with van der Waals surface area (Å²) in [5.41, 5.74) is 0.939. The predicted octanol–water partition coefficient (Wildman–Crippen LogP) is -0.948. The molecular formula is C9H6NNaO2S2. The summed E-state index contributed by atoms with van der Waals surface area (Å²) in [6, 6.07) is 9.49. The van der Waals surface area contributed by atoms with Gasteiger partial charge in [-0.2, -0.15) is 0 Å². The van der Waals surface area contributed by atoms with Crippen LogP contribution >= 0.6 is 11.3 Å². The van der Waals surface area contributed by atoms with Gasteiger partial charge in [-0.25, -0.2) is 4.98 Å². The molecule has 2 aromatic rings. The molecule has 0 aliphatic rings. The summed E-state index contributed by atoms with van der Waals surface area (Å²) >= 11 is -0.906. The second kappa shape index (κ2) is 5.89. The minimum absolute atomic E-state index is 0. The van der Waals surface area contributed by atoms with Crippen molar-refractivity contribution in [1.29, 1.82) is 0 Å². The fraction of sp³-hybridized carbons (Fsp3) is 0. The van der Waals surface area contributed by atoms with Crippen molar-refractivity contribution in [3.63, 3.8) is 0 Å². The third kappa shape index (κ3) is 3.21. The standard InChI is InChI=1S/C9H7NO2S2.Na/c11-14(12)8-6-13-9(10-8)7-4-2-1-3-5-7;/h1-6H,(H,11,12);/q;+1/p-1. The molecule has 1 unspecified atom stereocenters. The van der Waals surface area contributed by atoms with Crippen molar-refractivity contribution >= 4 is 22.4 Å². The van der Waals surface area contributed by atoms with Crippen LogP contribution in [0, 0.1) is 0 Å². The van der Waals surface area contributed by atoms with E-state index < -0.39 is 11.1 Å². The summed E-state index contributed by atoms with van der Waals surface area (Å²) in [6.45, 7) is 0. The first-order valence-electron chi connectivity index (χ1n) is 3.87. The van der Waals surface area contributed by atoms with Crippen molar-refractivity contribution in [1.82, 2.24) is 4.98 Å². The van der Waals surface area contributed by atoms with Crippen molar-refractivity contribution in [3.8, 4) is 10.6 Å². The van der Waals surface area contributed by atoms with Crippen LogP contribution in [0.4, 0.5) is 0 Å². The Balaban J connectivity index is 0.00000112. The molecule has 0 amide bonds. The monoisotopic (exact) mass is 247 g/mol. The van der Waals surface area contributed by atoms with E-state index in [2.05, 4.69) is 4.98 Å². The fourth-order valence-corrected chi connectivity index (χ4v) is 2.42. The van der Waals surface area contributed by atoms with Gasteiger partial charge in [0.15, 0.2) is 0 Å². The molecule has 0 spiro atoms. The third-order valence-electron chi connectivity index (χ3n) is 1.67. The zero-order valence-corrected chi connectivity index (χ0v) is 11.7. The van der Waals surface area contributed by atoms with Crippen LogP contribution in [0.2, 0.25) is 0 Å². The normalized spacial score (nSPS) is 11.8. The Hall–Kier alpha value is -0.0400. The summed E-state index contributed by atoms with van der Waals surface area (Å²) in [5, 5.41) is 2.37. The Labute approximate surface area is 116 Å². The fourth-order valence-electron chi connectivity index (χ4n) is 1.05. The predicted molar refractivity (Wildman–Crippen MR) is 54.7 cm³/mol. The van der Waals surface area contributed by atoms with E-state index in [1.807, 2.05) is 30.3 Å². The zero-order chi connectivity index (χ0) is 9.97. The van der Waals surface area contributed by atoms with Crippen molar-refractivity contribution < 1.29 is 38.3 Å². The van der Waals surface area contributed by atoms with Crippen LogP contribution in [0.15, 0.2) is 40.7 Å². The maximum atomic E-state index is 10.6. The van der Waals surface area contributed by atoms with E-state index in [-0.39, 0.29) is 34.6 Å². The molecule has 1 aromatic carbocycles. The smallest absolute Gasteiger partial charge is 0.767 e. The van der Waals surface area contributed by atoms with Gasteiger partial charge in [-0.05, 0) is 11.1 Å². The minimum atomic E-state index is -2.23. The molecule has 0 saturated carbocycles. The number of rotatable bonds is 2. The second-order valence-electron chi connectivity index (χ2n) is 2.59. The molecule has 0 bridgehead atoms. The van der Waals surface area contributed by atoms with Gasteiger partial charge in [-0.15, -0.1) is 11.3 Å². The molecule has 0 radical (unpaired) electrons. The molecule has 1 atom stereocenters. The molecule has 1 heterocycles. The Morgan fingerprint density at radius 1 is 1.27 bits per heavy atom. The van der Waals surface area contributed by atoms with E-state index in [0.717, 1.165) is 10.6 Å². The number of hydrogen-bond acceptors (Lipinski definition) is 4. The first kappa shape index (κ1) is 13.0. The van der Waals surface area contributed by atoms with Crippen LogP contribution in [0.25, 0.3) is 10.6 Å².